The number of carbonyl (C=O) groups is 1. The molecule has 1 amide bonds. The minimum absolute atomic E-state index is 0.00495. The van der Waals surface area contributed by atoms with Gasteiger partial charge in [0.25, 0.3) is 11.5 Å². The first kappa shape index (κ1) is 22.0. The molecule has 1 fully saturated rings. The van der Waals surface area contributed by atoms with Crippen LogP contribution in [0.25, 0.3) is 11.0 Å². The van der Waals surface area contributed by atoms with Crippen LogP contribution in [0.2, 0.25) is 0 Å². The van der Waals surface area contributed by atoms with Crippen LogP contribution in [-0.2, 0) is 13.1 Å². The lowest BCUT2D eigenvalue weighted by atomic mass is 10.1. The fourth-order valence-corrected chi connectivity index (χ4v) is 4.42. The van der Waals surface area contributed by atoms with E-state index in [1.165, 1.54) is 16.2 Å². The molecule has 2 aromatic carbocycles. The summed E-state index contributed by atoms with van der Waals surface area (Å²) >= 11 is 0. The average molecular weight is 457 g/mol. The highest BCUT2D eigenvalue weighted by molar-refractivity contribution is 5.97. The standard InChI is InChI=1S/C27H25FN4O2/c28-24-11-5-4-9-22(24)19-32-25-21(10-6-12-29-25)17-23(27(32)34)26(33)31-15-13-30(14-16-31)18-20-7-2-1-3-8-20/h1-12,17H,13-16,18-19H2. The number of carbonyl (C=O) groups excluding carboxylic acids is 1. The predicted molar refractivity (Wildman–Crippen MR) is 129 cm³/mol. The van der Waals surface area contributed by atoms with Crippen molar-refractivity contribution in [2.24, 2.45) is 0 Å². The Labute approximate surface area is 196 Å². The van der Waals surface area contributed by atoms with Crippen molar-refractivity contribution in [3.63, 3.8) is 0 Å². The number of hydrogen-bond donors (Lipinski definition) is 0. The maximum atomic E-state index is 14.3. The van der Waals surface area contributed by atoms with Gasteiger partial charge >= 0.3 is 0 Å². The van der Waals surface area contributed by atoms with Gasteiger partial charge in [0.05, 0.1) is 6.54 Å². The van der Waals surface area contributed by atoms with E-state index in [2.05, 4.69) is 22.0 Å². The second-order valence-corrected chi connectivity index (χ2v) is 8.51. The molecule has 0 N–H and O–H groups in total. The quantitative estimate of drug-likeness (QED) is 0.461. The fourth-order valence-electron chi connectivity index (χ4n) is 4.42. The SMILES string of the molecule is O=C(c1cc2cccnc2n(Cc2ccccc2F)c1=O)N1CCN(Cc2ccccc2)CC1. The Bertz CT molecular complexity index is 1380. The maximum absolute atomic E-state index is 14.3. The molecule has 1 saturated heterocycles. The Morgan fingerprint density at radius 3 is 2.38 bits per heavy atom. The summed E-state index contributed by atoms with van der Waals surface area (Å²) in [4.78, 5) is 35.2. The van der Waals surface area contributed by atoms with E-state index >= 15 is 0 Å². The topological polar surface area (TPSA) is 58.4 Å². The zero-order valence-electron chi connectivity index (χ0n) is 18.7. The van der Waals surface area contributed by atoms with Gasteiger partial charge in [0.1, 0.15) is 17.0 Å². The van der Waals surface area contributed by atoms with E-state index in [1.54, 1.807) is 41.4 Å². The summed E-state index contributed by atoms with van der Waals surface area (Å²) < 4.78 is 15.7. The number of nitrogens with zero attached hydrogens (tertiary/aromatic N) is 4. The normalized spacial score (nSPS) is 14.4. The van der Waals surface area contributed by atoms with Crippen LogP contribution in [0.5, 0.6) is 0 Å². The number of piperazine rings is 1. The molecule has 34 heavy (non-hydrogen) atoms. The number of rotatable bonds is 5. The van der Waals surface area contributed by atoms with Gasteiger partial charge < -0.3 is 4.90 Å². The zero-order valence-corrected chi connectivity index (χ0v) is 18.7. The number of fused-ring (bicyclic) bond motifs is 1. The van der Waals surface area contributed by atoms with E-state index in [-0.39, 0.29) is 18.0 Å². The first-order valence-corrected chi connectivity index (χ1v) is 11.4. The molecule has 1 aliphatic heterocycles. The largest absolute Gasteiger partial charge is 0.336 e. The van der Waals surface area contributed by atoms with Crippen LogP contribution in [-0.4, -0.2) is 51.4 Å². The number of pyridine rings is 2. The molecule has 6 nitrogen and oxygen atoms in total. The molecule has 172 valence electrons. The minimum Gasteiger partial charge on any atom is -0.336 e. The summed E-state index contributed by atoms with van der Waals surface area (Å²) in [6.07, 6.45) is 1.59. The number of benzene rings is 2. The second kappa shape index (κ2) is 9.57. The maximum Gasteiger partial charge on any atom is 0.265 e. The van der Waals surface area contributed by atoms with Crippen molar-refractivity contribution in [1.82, 2.24) is 19.4 Å². The Kier molecular flexibility index (Phi) is 6.18. The minimum atomic E-state index is -0.453. The first-order valence-electron chi connectivity index (χ1n) is 11.4. The molecule has 5 rings (SSSR count). The van der Waals surface area contributed by atoms with Crippen molar-refractivity contribution in [1.29, 1.82) is 0 Å². The van der Waals surface area contributed by atoms with Crippen molar-refractivity contribution < 1.29 is 9.18 Å². The summed E-state index contributed by atoms with van der Waals surface area (Å²) in [5.74, 6) is -0.692. The molecule has 7 heteroatoms. The fraction of sp³-hybridized carbons (Fsp3) is 0.222. The zero-order chi connectivity index (χ0) is 23.5. The van der Waals surface area contributed by atoms with Gasteiger partial charge in [-0.15, -0.1) is 0 Å². The van der Waals surface area contributed by atoms with Gasteiger partial charge in [-0.2, -0.15) is 0 Å². The molecule has 1 aliphatic rings. The van der Waals surface area contributed by atoms with Crippen LogP contribution in [0.4, 0.5) is 4.39 Å². The van der Waals surface area contributed by atoms with Crippen molar-refractivity contribution in [2.75, 3.05) is 26.2 Å². The summed E-state index contributed by atoms with van der Waals surface area (Å²) in [7, 11) is 0. The lowest BCUT2D eigenvalue weighted by molar-refractivity contribution is 0.0626. The first-order chi connectivity index (χ1) is 16.6. The summed E-state index contributed by atoms with van der Waals surface area (Å²) in [6.45, 7) is 3.40. The molecular formula is C27H25FN4O2. The Morgan fingerprint density at radius 1 is 0.882 bits per heavy atom. The van der Waals surface area contributed by atoms with E-state index in [0.29, 0.717) is 29.7 Å². The summed E-state index contributed by atoms with van der Waals surface area (Å²) in [6, 6.07) is 21.8. The van der Waals surface area contributed by atoms with E-state index in [9.17, 15) is 14.0 Å². The molecule has 0 unspecified atom stereocenters. The van der Waals surface area contributed by atoms with Gasteiger partial charge in [0, 0.05) is 49.9 Å². The second-order valence-electron chi connectivity index (χ2n) is 8.51. The molecule has 4 aromatic rings. The Balaban J connectivity index is 1.40. The van der Waals surface area contributed by atoms with E-state index < -0.39 is 11.4 Å². The molecule has 0 saturated carbocycles. The van der Waals surface area contributed by atoms with Crippen LogP contribution in [0.15, 0.2) is 83.8 Å². The molecule has 0 atom stereocenters. The average Bonchev–Trinajstić information content (AvgIpc) is 2.87. The number of amides is 1. The van der Waals surface area contributed by atoms with Crippen LogP contribution < -0.4 is 5.56 Å². The molecule has 0 spiro atoms. The van der Waals surface area contributed by atoms with Crippen LogP contribution in [0, 0.1) is 5.82 Å². The molecular weight excluding hydrogens is 431 g/mol. The van der Waals surface area contributed by atoms with E-state index in [1.807, 2.05) is 24.3 Å². The Morgan fingerprint density at radius 2 is 1.62 bits per heavy atom. The van der Waals surface area contributed by atoms with Gasteiger partial charge in [0.15, 0.2) is 0 Å². The number of halogens is 1. The summed E-state index contributed by atoms with van der Waals surface area (Å²) in [5, 5.41) is 0.671. The van der Waals surface area contributed by atoms with Crippen molar-refractivity contribution >= 4 is 16.9 Å². The third-order valence-electron chi connectivity index (χ3n) is 6.27. The highest BCUT2D eigenvalue weighted by Gasteiger charge is 2.25. The van der Waals surface area contributed by atoms with Crippen LogP contribution >= 0.6 is 0 Å². The lowest BCUT2D eigenvalue weighted by Crippen LogP contribution is -2.49. The molecule has 0 bridgehead atoms. The Hall–Kier alpha value is -3.84. The predicted octanol–water partition coefficient (Wildman–Crippen LogP) is 3.54. The highest BCUT2D eigenvalue weighted by Crippen LogP contribution is 2.17. The number of hydrogen-bond acceptors (Lipinski definition) is 4. The van der Waals surface area contributed by atoms with Crippen molar-refractivity contribution in [3.05, 3.63) is 112 Å². The van der Waals surface area contributed by atoms with Crippen molar-refractivity contribution in [3.8, 4) is 0 Å². The van der Waals surface area contributed by atoms with Crippen molar-refractivity contribution in [2.45, 2.75) is 13.1 Å². The smallest absolute Gasteiger partial charge is 0.265 e. The highest BCUT2D eigenvalue weighted by atomic mass is 19.1. The third-order valence-corrected chi connectivity index (χ3v) is 6.27. The van der Waals surface area contributed by atoms with Crippen LogP contribution in [0.3, 0.4) is 0 Å². The van der Waals surface area contributed by atoms with Gasteiger partial charge in [-0.05, 0) is 29.8 Å². The molecule has 2 aromatic heterocycles. The number of aromatic nitrogens is 2. The van der Waals surface area contributed by atoms with Crippen LogP contribution in [0.1, 0.15) is 21.5 Å². The molecule has 0 radical (unpaired) electrons. The third kappa shape index (κ3) is 4.47. The molecule has 3 heterocycles. The van der Waals surface area contributed by atoms with Gasteiger partial charge in [-0.25, -0.2) is 9.37 Å². The van der Waals surface area contributed by atoms with Gasteiger partial charge in [0.2, 0.25) is 0 Å². The van der Waals surface area contributed by atoms with Gasteiger partial charge in [-0.1, -0.05) is 48.5 Å². The van der Waals surface area contributed by atoms with E-state index in [0.717, 1.165) is 19.6 Å². The van der Waals surface area contributed by atoms with E-state index in [4.69, 9.17) is 0 Å². The summed E-state index contributed by atoms with van der Waals surface area (Å²) in [5.41, 5.74) is 1.68. The van der Waals surface area contributed by atoms with Gasteiger partial charge in [-0.3, -0.25) is 19.1 Å². The lowest BCUT2D eigenvalue weighted by Gasteiger charge is -2.34. The molecule has 0 aliphatic carbocycles. The monoisotopic (exact) mass is 456 g/mol.